The normalized spacial score (nSPS) is 14.6. The van der Waals surface area contributed by atoms with Gasteiger partial charge in [0.2, 0.25) is 0 Å². The fraction of sp³-hybridized carbons (Fsp3) is 0.652. The van der Waals surface area contributed by atoms with Gasteiger partial charge in [-0.25, -0.2) is 4.79 Å². The van der Waals surface area contributed by atoms with Crippen LogP contribution in [-0.4, -0.2) is 61.8 Å². The molecule has 2 rings (SSSR count). The molecule has 3 N–H and O–H groups in total. The molecule has 0 spiro atoms. The fourth-order valence-corrected chi connectivity index (χ4v) is 3.33. The standard InChI is InChI=1S/C23H39N5O2.HI/c1-5-24-21(25-14-8-18-28-16-6-7-17-28)26-15-13-19-9-11-20(12-10-19)27-22(29)30-23(2,3)4;/h9-12H,5-8,13-18H2,1-4H3,(H,27,29)(H2,24,25,26);1H. The van der Waals surface area contributed by atoms with Crippen LogP contribution in [0.15, 0.2) is 29.3 Å². The van der Waals surface area contributed by atoms with Crippen LogP contribution in [-0.2, 0) is 11.2 Å². The highest BCUT2D eigenvalue weighted by molar-refractivity contribution is 14.0. The Labute approximate surface area is 204 Å². The molecule has 176 valence electrons. The Hall–Kier alpha value is -1.55. The molecule has 0 unspecified atom stereocenters. The molecule has 0 aliphatic carbocycles. The van der Waals surface area contributed by atoms with E-state index in [4.69, 9.17) is 4.74 Å². The summed E-state index contributed by atoms with van der Waals surface area (Å²) in [7, 11) is 0. The number of halogens is 1. The summed E-state index contributed by atoms with van der Waals surface area (Å²) in [6.07, 6.45) is 4.22. The molecular weight excluding hydrogens is 505 g/mol. The average molecular weight is 546 g/mol. The highest BCUT2D eigenvalue weighted by Gasteiger charge is 2.16. The highest BCUT2D eigenvalue weighted by atomic mass is 127. The van der Waals surface area contributed by atoms with Gasteiger partial charge in [-0.3, -0.25) is 10.3 Å². The van der Waals surface area contributed by atoms with Gasteiger partial charge in [0, 0.05) is 25.3 Å². The van der Waals surface area contributed by atoms with E-state index in [2.05, 4.69) is 32.8 Å². The number of guanidine groups is 1. The van der Waals surface area contributed by atoms with Gasteiger partial charge in [-0.1, -0.05) is 12.1 Å². The zero-order valence-electron chi connectivity index (χ0n) is 19.5. The first kappa shape index (κ1) is 27.5. The predicted molar refractivity (Wildman–Crippen MR) is 140 cm³/mol. The largest absolute Gasteiger partial charge is 0.444 e. The molecule has 0 radical (unpaired) electrons. The zero-order chi connectivity index (χ0) is 21.8. The number of rotatable bonds is 9. The third kappa shape index (κ3) is 12.2. The molecule has 31 heavy (non-hydrogen) atoms. The molecule has 0 aromatic heterocycles. The Balaban J connectivity index is 0.00000480. The number of likely N-dealkylation sites (tertiary alicyclic amines) is 1. The first-order valence-corrected chi connectivity index (χ1v) is 11.2. The Morgan fingerprint density at radius 1 is 1.13 bits per heavy atom. The molecule has 1 aromatic carbocycles. The van der Waals surface area contributed by atoms with Crippen LogP contribution in [0.4, 0.5) is 10.5 Å². The van der Waals surface area contributed by atoms with E-state index in [1.54, 1.807) is 0 Å². The second kappa shape index (κ2) is 14.5. The summed E-state index contributed by atoms with van der Waals surface area (Å²) in [5.74, 6) is 0.877. The summed E-state index contributed by atoms with van der Waals surface area (Å²) in [6, 6.07) is 7.84. The minimum atomic E-state index is -0.504. The monoisotopic (exact) mass is 545 g/mol. The molecule has 7 nitrogen and oxygen atoms in total. The van der Waals surface area contributed by atoms with Crippen LogP contribution in [0.5, 0.6) is 0 Å². The minimum Gasteiger partial charge on any atom is -0.444 e. The maximum atomic E-state index is 11.8. The summed E-state index contributed by atoms with van der Waals surface area (Å²) in [5, 5.41) is 9.47. The summed E-state index contributed by atoms with van der Waals surface area (Å²) >= 11 is 0. The second-order valence-electron chi connectivity index (χ2n) is 8.66. The summed E-state index contributed by atoms with van der Waals surface area (Å²) < 4.78 is 5.27. The Morgan fingerprint density at radius 2 is 1.81 bits per heavy atom. The highest BCUT2D eigenvalue weighted by Crippen LogP contribution is 2.13. The number of carbonyl (C=O) groups is 1. The molecule has 1 aliphatic rings. The number of carbonyl (C=O) groups excluding carboxylic acids is 1. The molecular formula is C23H40IN5O2. The van der Waals surface area contributed by atoms with E-state index >= 15 is 0 Å². The summed E-state index contributed by atoms with van der Waals surface area (Å²) in [5.41, 5.74) is 1.42. The number of hydrogen-bond acceptors (Lipinski definition) is 4. The van der Waals surface area contributed by atoms with Gasteiger partial charge in [-0.2, -0.15) is 0 Å². The first-order chi connectivity index (χ1) is 14.4. The van der Waals surface area contributed by atoms with Crippen molar-refractivity contribution in [2.45, 2.75) is 59.0 Å². The van der Waals surface area contributed by atoms with Crippen LogP contribution in [0.1, 0.15) is 52.5 Å². The van der Waals surface area contributed by atoms with Gasteiger partial charge < -0.3 is 20.3 Å². The van der Waals surface area contributed by atoms with Crippen molar-refractivity contribution in [1.82, 2.24) is 15.5 Å². The zero-order valence-corrected chi connectivity index (χ0v) is 21.8. The van der Waals surface area contributed by atoms with Gasteiger partial charge in [0.05, 0.1) is 0 Å². The van der Waals surface area contributed by atoms with Crippen molar-refractivity contribution in [2.24, 2.45) is 4.99 Å². The molecule has 1 heterocycles. The number of ether oxygens (including phenoxy) is 1. The number of anilines is 1. The fourth-order valence-electron chi connectivity index (χ4n) is 3.33. The Morgan fingerprint density at radius 3 is 2.42 bits per heavy atom. The van der Waals surface area contributed by atoms with Crippen molar-refractivity contribution < 1.29 is 9.53 Å². The van der Waals surface area contributed by atoms with Crippen molar-refractivity contribution in [1.29, 1.82) is 0 Å². The third-order valence-electron chi connectivity index (χ3n) is 4.75. The Kier molecular flexibility index (Phi) is 12.9. The lowest BCUT2D eigenvalue weighted by Gasteiger charge is -2.19. The van der Waals surface area contributed by atoms with Gasteiger partial charge in [-0.05, 0) is 90.7 Å². The van der Waals surface area contributed by atoms with Crippen molar-refractivity contribution in [3.63, 3.8) is 0 Å². The second-order valence-corrected chi connectivity index (χ2v) is 8.66. The van der Waals surface area contributed by atoms with E-state index in [1.165, 1.54) is 31.5 Å². The quantitative estimate of drug-likeness (QED) is 0.187. The maximum Gasteiger partial charge on any atom is 0.412 e. The van der Waals surface area contributed by atoms with Gasteiger partial charge in [-0.15, -0.1) is 24.0 Å². The van der Waals surface area contributed by atoms with Crippen LogP contribution < -0.4 is 16.0 Å². The molecule has 0 saturated carbocycles. The third-order valence-corrected chi connectivity index (χ3v) is 4.75. The summed E-state index contributed by atoms with van der Waals surface area (Å²) in [6.45, 7) is 13.8. The van der Waals surface area contributed by atoms with Crippen molar-refractivity contribution in [3.05, 3.63) is 29.8 Å². The molecule has 1 fully saturated rings. The van der Waals surface area contributed by atoms with E-state index in [1.807, 2.05) is 45.0 Å². The lowest BCUT2D eigenvalue weighted by atomic mass is 10.1. The summed E-state index contributed by atoms with van der Waals surface area (Å²) in [4.78, 5) is 19.1. The van der Waals surface area contributed by atoms with E-state index in [0.717, 1.165) is 50.7 Å². The van der Waals surface area contributed by atoms with Gasteiger partial charge >= 0.3 is 6.09 Å². The molecule has 0 bridgehead atoms. The van der Waals surface area contributed by atoms with E-state index in [9.17, 15) is 4.79 Å². The van der Waals surface area contributed by atoms with Crippen LogP contribution >= 0.6 is 24.0 Å². The number of aliphatic imine (C=N–C) groups is 1. The number of nitrogens with one attached hydrogen (secondary N) is 3. The first-order valence-electron chi connectivity index (χ1n) is 11.2. The Bertz CT molecular complexity index is 668. The molecule has 1 saturated heterocycles. The van der Waals surface area contributed by atoms with Crippen LogP contribution in [0.2, 0.25) is 0 Å². The molecule has 1 aliphatic heterocycles. The smallest absolute Gasteiger partial charge is 0.412 e. The van der Waals surface area contributed by atoms with Crippen molar-refractivity contribution in [2.75, 3.05) is 44.6 Å². The van der Waals surface area contributed by atoms with Crippen LogP contribution in [0, 0.1) is 0 Å². The molecule has 0 atom stereocenters. The number of benzene rings is 1. The lowest BCUT2D eigenvalue weighted by molar-refractivity contribution is 0.0636. The molecule has 1 aromatic rings. The van der Waals surface area contributed by atoms with E-state index in [0.29, 0.717) is 0 Å². The van der Waals surface area contributed by atoms with Crippen LogP contribution in [0.25, 0.3) is 0 Å². The molecule has 8 heteroatoms. The van der Waals surface area contributed by atoms with Crippen molar-refractivity contribution in [3.8, 4) is 0 Å². The number of amides is 1. The van der Waals surface area contributed by atoms with Gasteiger partial charge in [0.1, 0.15) is 5.60 Å². The van der Waals surface area contributed by atoms with E-state index in [-0.39, 0.29) is 24.0 Å². The topological polar surface area (TPSA) is 78.0 Å². The maximum absolute atomic E-state index is 11.8. The SMILES string of the molecule is CCNC(=NCCCN1CCCC1)NCCc1ccc(NC(=O)OC(C)(C)C)cc1.I. The minimum absolute atomic E-state index is 0. The number of hydrogen-bond donors (Lipinski definition) is 3. The molecule has 1 amide bonds. The predicted octanol–water partition coefficient (Wildman–Crippen LogP) is 4.24. The average Bonchev–Trinajstić information content (AvgIpc) is 3.18. The van der Waals surface area contributed by atoms with Gasteiger partial charge in [0.15, 0.2) is 5.96 Å². The van der Waals surface area contributed by atoms with Gasteiger partial charge in [0.25, 0.3) is 0 Å². The lowest BCUT2D eigenvalue weighted by Crippen LogP contribution is -2.38. The number of nitrogens with zero attached hydrogens (tertiary/aromatic N) is 2. The van der Waals surface area contributed by atoms with Crippen molar-refractivity contribution >= 4 is 41.7 Å². The van der Waals surface area contributed by atoms with E-state index < -0.39 is 11.7 Å². The van der Waals surface area contributed by atoms with Crippen LogP contribution in [0.3, 0.4) is 0 Å².